The summed E-state index contributed by atoms with van der Waals surface area (Å²) < 4.78 is 41.7. The van der Waals surface area contributed by atoms with Gasteiger partial charge in [-0.3, -0.25) is 4.55 Å². The van der Waals surface area contributed by atoms with E-state index in [0.29, 0.717) is 12.0 Å². The van der Waals surface area contributed by atoms with E-state index in [4.69, 9.17) is 26.7 Å². The van der Waals surface area contributed by atoms with Crippen molar-refractivity contribution in [1.29, 1.82) is 5.26 Å². The Morgan fingerprint density at radius 3 is 2.61 bits per heavy atom. The minimum Gasteiger partial charge on any atom is -0.479 e. The van der Waals surface area contributed by atoms with Crippen molar-refractivity contribution in [3.8, 4) is 11.9 Å². The van der Waals surface area contributed by atoms with Gasteiger partial charge in [-0.25, -0.2) is 5.26 Å². The summed E-state index contributed by atoms with van der Waals surface area (Å²) in [6, 6.07) is 5.19. The Kier molecular flexibility index (Phi) is 6.69. The number of pyridine rings is 1. The number of ether oxygens (including phenoxy) is 1. The maximum Gasteiger partial charge on any atom is 0.296 e. The van der Waals surface area contributed by atoms with E-state index in [1.807, 2.05) is 0 Å². The van der Waals surface area contributed by atoms with E-state index < -0.39 is 15.0 Å². The van der Waals surface area contributed by atoms with Crippen molar-refractivity contribution >= 4 is 45.0 Å². The van der Waals surface area contributed by atoms with Gasteiger partial charge in [0.05, 0.1) is 24.8 Å². The monoisotopic (exact) mass is 428 g/mol. The van der Waals surface area contributed by atoms with Crippen LogP contribution in [-0.2, 0) is 19.5 Å². The van der Waals surface area contributed by atoms with Crippen molar-refractivity contribution < 1.29 is 32.3 Å². The van der Waals surface area contributed by atoms with Crippen molar-refractivity contribution in [2.24, 2.45) is 10.2 Å². The minimum absolute atomic E-state index is 0.159. The molecular formula is C13H12N6O7S2. The van der Waals surface area contributed by atoms with Gasteiger partial charge in [-0.05, 0) is 18.2 Å². The van der Waals surface area contributed by atoms with Crippen LogP contribution in [0.25, 0.3) is 0 Å². The van der Waals surface area contributed by atoms with Crippen LogP contribution in [0.5, 0.6) is 5.88 Å². The van der Waals surface area contributed by atoms with E-state index in [0.717, 1.165) is 12.1 Å². The maximum atomic E-state index is 11.6. The van der Waals surface area contributed by atoms with Gasteiger partial charge in [0.2, 0.25) is 5.88 Å². The van der Waals surface area contributed by atoms with Gasteiger partial charge in [0, 0.05) is 4.90 Å². The number of nitrogen functional groups attached to an aromatic ring is 2. The summed E-state index contributed by atoms with van der Waals surface area (Å²) in [5.74, 6) is -0.345. The highest BCUT2D eigenvalue weighted by Crippen LogP contribution is 2.39. The molecule has 13 nitrogen and oxygen atoms in total. The molecule has 2 aromatic rings. The highest BCUT2D eigenvalue weighted by molar-refractivity contribution is 7.94. The molecular weight excluding hydrogens is 416 g/mol. The van der Waals surface area contributed by atoms with Gasteiger partial charge < -0.3 is 16.2 Å². The fraction of sp³-hybridized carbons (Fsp3) is 0.0769. The predicted octanol–water partition coefficient (Wildman–Crippen LogP) is 2.22. The van der Waals surface area contributed by atoms with Crippen molar-refractivity contribution in [3.63, 3.8) is 0 Å². The zero-order valence-electron chi connectivity index (χ0n) is 13.9. The average Bonchev–Trinajstić information content (AvgIpc) is 2.64. The molecule has 28 heavy (non-hydrogen) atoms. The number of hydrogen-bond donors (Lipinski definition) is 4. The standard InChI is InChI=1S/C13H12N6O7S2/c1-24-13-11(10(15)7(5-14)12(16)17-13)19-18-8-4-6(27-26-25-20)2-3-9(8)28(21,22)23/h2-4,20H,1H3,(H4,15,16,17)(H,21,22,23)/b19-18+. The summed E-state index contributed by atoms with van der Waals surface area (Å²) in [7, 11) is -3.41. The molecule has 148 valence electrons. The van der Waals surface area contributed by atoms with E-state index >= 15 is 0 Å². The molecule has 0 bridgehead atoms. The molecule has 0 radical (unpaired) electrons. The number of nitrogens with zero attached hydrogens (tertiary/aromatic N) is 4. The first kappa shape index (κ1) is 21.3. The molecule has 0 atom stereocenters. The molecule has 0 aliphatic rings. The molecule has 0 aliphatic heterocycles. The quantitative estimate of drug-likeness (QED) is 0.164. The van der Waals surface area contributed by atoms with Crippen LogP contribution in [0, 0.1) is 11.3 Å². The van der Waals surface area contributed by atoms with Crippen LogP contribution in [0.2, 0.25) is 0 Å². The number of benzene rings is 1. The third-order valence-corrected chi connectivity index (χ3v) is 4.61. The van der Waals surface area contributed by atoms with Gasteiger partial charge >= 0.3 is 0 Å². The lowest BCUT2D eigenvalue weighted by atomic mass is 10.2. The number of anilines is 2. The molecule has 0 fully saturated rings. The molecule has 15 heteroatoms. The number of nitrogens with two attached hydrogens (primary N) is 2. The van der Waals surface area contributed by atoms with Crippen molar-refractivity contribution in [3.05, 3.63) is 23.8 Å². The number of aromatic nitrogens is 1. The fourth-order valence-corrected chi connectivity index (χ4v) is 2.95. The molecule has 0 spiro atoms. The zero-order chi connectivity index (χ0) is 20.9. The molecule has 0 aliphatic carbocycles. The van der Waals surface area contributed by atoms with Gasteiger partial charge in [0.15, 0.2) is 5.69 Å². The van der Waals surface area contributed by atoms with Crippen LogP contribution in [0.15, 0.2) is 38.2 Å². The van der Waals surface area contributed by atoms with E-state index in [1.165, 1.54) is 13.2 Å². The topological polar surface area (TPSA) is 216 Å². The largest absolute Gasteiger partial charge is 0.479 e. The number of hydrogen-bond acceptors (Lipinski definition) is 13. The summed E-state index contributed by atoms with van der Waals surface area (Å²) in [4.78, 5) is 3.49. The Morgan fingerprint density at radius 2 is 2.04 bits per heavy atom. The highest BCUT2D eigenvalue weighted by atomic mass is 32.2. The second-order valence-electron chi connectivity index (χ2n) is 4.79. The molecule has 2 rings (SSSR count). The summed E-state index contributed by atoms with van der Waals surface area (Å²) in [5, 5.41) is 28.3. The van der Waals surface area contributed by atoms with Gasteiger partial charge in [0.1, 0.15) is 28.0 Å². The van der Waals surface area contributed by atoms with E-state index in [9.17, 15) is 13.0 Å². The summed E-state index contributed by atoms with van der Waals surface area (Å²) in [6.07, 6.45) is 0. The lowest BCUT2D eigenvalue weighted by Crippen LogP contribution is -2.03. The first-order chi connectivity index (χ1) is 13.2. The van der Waals surface area contributed by atoms with Crippen LogP contribution in [0.1, 0.15) is 5.56 Å². The molecule has 1 aromatic heterocycles. The van der Waals surface area contributed by atoms with Crippen LogP contribution in [0.4, 0.5) is 22.9 Å². The molecule has 0 saturated heterocycles. The molecule has 0 saturated carbocycles. The van der Waals surface area contributed by atoms with Crippen LogP contribution < -0.4 is 16.2 Å². The van der Waals surface area contributed by atoms with E-state index in [1.54, 1.807) is 6.07 Å². The number of methoxy groups -OCH3 is 1. The molecule has 0 unspecified atom stereocenters. The summed E-state index contributed by atoms with van der Waals surface area (Å²) in [6.45, 7) is 0. The van der Waals surface area contributed by atoms with Crippen molar-refractivity contribution in [1.82, 2.24) is 4.98 Å². The fourth-order valence-electron chi connectivity index (χ4n) is 1.95. The van der Waals surface area contributed by atoms with Crippen LogP contribution in [0.3, 0.4) is 0 Å². The van der Waals surface area contributed by atoms with Crippen LogP contribution >= 0.6 is 12.0 Å². The van der Waals surface area contributed by atoms with Crippen molar-refractivity contribution in [2.45, 2.75) is 9.79 Å². The maximum absolute atomic E-state index is 11.6. The summed E-state index contributed by atoms with van der Waals surface area (Å²) >= 11 is 0.523. The van der Waals surface area contributed by atoms with Crippen LogP contribution in [-0.4, -0.2) is 30.3 Å². The summed E-state index contributed by atoms with van der Waals surface area (Å²) in [5.41, 5.74) is 10.6. The van der Waals surface area contributed by atoms with E-state index in [-0.39, 0.29) is 39.2 Å². The van der Waals surface area contributed by atoms with Crippen molar-refractivity contribution in [2.75, 3.05) is 18.6 Å². The predicted molar refractivity (Wildman–Crippen MR) is 95.4 cm³/mol. The Balaban J connectivity index is 2.61. The van der Waals surface area contributed by atoms with E-state index in [2.05, 4.69) is 24.6 Å². The number of rotatable bonds is 7. The number of nitriles is 1. The molecule has 6 N–H and O–H groups in total. The second kappa shape index (κ2) is 8.79. The Morgan fingerprint density at radius 1 is 1.32 bits per heavy atom. The van der Waals surface area contributed by atoms with Gasteiger partial charge in [-0.15, -0.1) is 14.6 Å². The minimum atomic E-state index is -4.66. The highest BCUT2D eigenvalue weighted by Gasteiger charge is 2.19. The van der Waals surface area contributed by atoms with Gasteiger partial charge in [0.25, 0.3) is 10.1 Å². The Labute approximate surface area is 162 Å². The van der Waals surface area contributed by atoms with Gasteiger partial charge in [-0.1, -0.05) is 5.04 Å². The average molecular weight is 428 g/mol. The normalized spacial score (nSPS) is 11.5. The number of azo groups is 1. The smallest absolute Gasteiger partial charge is 0.296 e. The molecule has 1 heterocycles. The lowest BCUT2D eigenvalue weighted by Gasteiger charge is -2.09. The SMILES string of the molecule is COc1nc(N)c(C#N)c(N)c1/N=N/c1cc(SOOO)ccc1S(=O)(=O)O. The molecule has 0 amide bonds. The van der Waals surface area contributed by atoms with Gasteiger partial charge in [-0.2, -0.15) is 18.7 Å². The lowest BCUT2D eigenvalue weighted by molar-refractivity contribution is -0.432. The third-order valence-electron chi connectivity index (χ3n) is 3.14. The Bertz CT molecular complexity index is 1070. The molecule has 1 aromatic carbocycles. The first-order valence-corrected chi connectivity index (χ1v) is 9.12. The first-order valence-electron chi connectivity index (χ1n) is 6.94. The second-order valence-corrected chi connectivity index (χ2v) is 6.95. The Hall–Kier alpha value is -3.00. The zero-order valence-corrected chi connectivity index (χ0v) is 15.6. The third kappa shape index (κ3) is 4.64.